The molecule has 0 unspecified atom stereocenters. The molecule has 2 aromatic carbocycles. The SMILES string of the molecule is Cc1cc(C)c(-n2ccnc2-c2[c-]cccc2)c(C)c1.[Ir]. The first kappa shape index (κ1) is 15.7. The van der Waals surface area contributed by atoms with Crippen molar-refractivity contribution in [2.45, 2.75) is 20.8 Å². The molecule has 109 valence electrons. The quantitative estimate of drug-likeness (QED) is 0.530. The molecular weight excluding hydrogens is 436 g/mol. The second-order valence-electron chi connectivity index (χ2n) is 5.14. The summed E-state index contributed by atoms with van der Waals surface area (Å²) in [5, 5.41) is 0. The van der Waals surface area contributed by atoms with E-state index in [0.29, 0.717) is 0 Å². The zero-order chi connectivity index (χ0) is 14.1. The number of hydrogen-bond acceptors (Lipinski definition) is 1. The summed E-state index contributed by atoms with van der Waals surface area (Å²) >= 11 is 0. The summed E-state index contributed by atoms with van der Waals surface area (Å²) in [6.45, 7) is 6.42. The fourth-order valence-electron chi connectivity index (χ4n) is 2.77. The van der Waals surface area contributed by atoms with Crippen LogP contribution < -0.4 is 0 Å². The van der Waals surface area contributed by atoms with Crippen molar-refractivity contribution < 1.29 is 20.1 Å². The number of aryl methyl sites for hydroxylation is 3. The van der Waals surface area contributed by atoms with Gasteiger partial charge in [-0.05, 0) is 31.9 Å². The average molecular weight is 454 g/mol. The van der Waals surface area contributed by atoms with Gasteiger partial charge in [-0.15, -0.1) is 35.9 Å². The number of nitrogens with zero attached hydrogens (tertiary/aromatic N) is 2. The molecule has 3 heteroatoms. The van der Waals surface area contributed by atoms with Crippen LogP contribution >= 0.6 is 0 Å². The van der Waals surface area contributed by atoms with Crippen molar-refractivity contribution >= 4 is 0 Å². The standard InChI is InChI=1S/C18H17N2.Ir/c1-13-11-14(2)17(15(3)12-13)20-10-9-19-18(20)16-7-5-4-6-8-16;/h4-7,9-12H,1-3H3;/q-1;. The summed E-state index contributed by atoms with van der Waals surface area (Å²) in [7, 11) is 0. The van der Waals surface area contributed by atoms with E-state index in [9.17, 15) is 0 Å². The first-order valence-electron chi connectivity index (χ1n) is 6.75. The van der Waals surface area contributed by atoms with E-state index in [4.69, 9.17) is 0 Å². The fourth-order valence-corrected chi connectivity index (χ4v) is 2.77. The van der Waals surface area contributed by atoms with Crippen LogP contribution in [0.15, 0.2) is 48.8 Å². The predicted octanol–water partition coefficient (Wildman–Crippen LogP) is 4.26. The average Bonchev–Trinajstić information content (AvgIpc) is 2.87. The molecule has 0 bridgehead atoms. The van der Waals surface area contributed by atoms with Crippen LogP contribution in [0.3, 0.4) is 0 Å². The Balaban J connectivity index is 0.00000161. The van der Waals surface area contributed by atoms with Crippen molar-refractivity contribution in [1.82, 2.24) is 9.55 Å². The minimum atomic E-state index is 0. The summed E-state index contributed by atoms with van der Waals surface area (Å²) in [6.07, 6.45) is 3.86. The van der Waals surface area contributed by atoms with Crippen molar-refractivity contribution in [3.05, 3.63) is 71.5 Å². The molecule has 1 aromatic heterocycles. The molecule has 0 spiro atoms. The summed E-state index contributed by atoms with van der Waals surface area (Å²) in [4.78, 5) is 4.50. The third-order valence-electron chi connectivity index (χ3n) is 3.47. The summed E-state index contributed by atoms with van der Waals surface area (Å²) in [5.41, 5.74) is 6.03. The van der Waals surface area contributed by atoms with E-state index in [1.54, 1.807) is 0 Å². The van der Waals surface area contributed by atoms with E-state index in [1.807, 2.05) is 36.7 Å². The molecule has 21 heavy (non-hydrogen) atoms. The Bertz CT molecular complexity index is 722. The molecule has 0 aliphatic heterocycles. The Kier molecular flexibility index (Phi) is 4.76. The van der Waals surface area contributed by atoms with E-state index in [0.717, 1.165) is 11.4 Å². The normalized spacial score (nSPS) is 10.2. The number of imidazole rings is 1. The van der Waals surface area contributed by atoms with Crippen LogP contribution in [0.5, 0.6) is 0 Å². The van der Waals surface area contributed by atoms with Crippen molar-refractivity contribution in [2.24, 2.45) is 0 Å². The van der Waals surface area contributed by atoms with Crippen LogP contribution in [0, 0.1) is 26.8 Å². The van der Waals surface area contributed by atoms with E-state index >= 15 is 0 Å². The van der Waals surface area contributed by atoms with Gasteiger partial charge in [0.25, 0.3) is 0 Å². The van der Waals surface area contributed by atoms with Crippen LogP contribution in [0.2, 0.25) is 0 Å². The molecule has 3 aromatic rings. The van der Waals surface area contributed by atoms with Crippen LogP contribution in [0.25, 0.3) is 17.1 Å². The van der Waals surface area contributed by atoms with Gasteiger partial charge in [0.2, 0.25) is 0 Å². The zero-order valence-corrected chi connectivity index (χ0v) is 14.7. The molecular formula is C18H17IrN2-. The van der Waals surface area contributed by atoms with Crippen LogP contribution in [-0.2, 0) is 20.1 Å². The monoisotopic (exact) mass is 454 g/mol. The smallest absolute Gasteiger partial charge is 0.0602 e. The number of hydrogen-bond donors (Lipinski definition) is 0. The Morgan fingerprint density at radius 1 is 1.05 bits per heavy atom. The van der Waals surface area contributed by atoms with Gasteiger partial charge in [0, 0.05) is 38.2 Å². The van der Waals surface area contributed by atoms with Gasteiger partial charge in [-0.2, -0.15) is 0 Å². The van der Waals surface area contributed by atoms with E-state index < -0.39 is 0 Å². The molecule has 1 radical (unpaired) electrons. The molecule has 0 aliphatic carbocycles. The molecule has 0 amide bonds. The van der Waals surface area contributed by atoms with Crippen molar-refractivity contribution in [1.29, 1.82) is 0 Å². The van der Waals surface area contributed by atoms with Gasteiger partial charge >= 0.3 is 0 Å². The zero-order valence-electron chi connectivity index (χ0n) is 12.3. The second-order valence-corrected chi connectivity index (χ2v) is 5.14. The van der Waals surface area contributed by atoms with E-state index in [1.165, 1.54) is 22.4 Å². The van der Waals surface area contributed by atoms with Crippen molar-refractivity contribution in [3.8, 4) is 17.1 Å². The molecule has 0 atom stereocenters. The molecule has 0 saturated heterocycles. The van der Waals surface area contributed by atoms with Gasteiger partial charge in [-0.3, -0.25) is 4.98 Å². The van der Waals surface area contributed by atoms with E-state index in [2.05, 4.69) is 48.5 Å². The van der Waals surface area contributed by atoms with Crippen LogP contribution in [0.1, 0.15) is 16.7 Å². The van der Waals surface area contributed by atoms with Crippen molar-refractivity contribution in [2.75, 3.05) is 0 Å². The van der Waals surface area contributed by atoms with Gasteiger partial charge in [-0.25, -0.2) is 0 Å². The van der Waals surface area contributed by atoms with Gasteiger partial charge in [-0.1, -0.05) is 17.7 Å². The van der Waals surface area contributed by atoms with Gasteiger partial charge in [0.15, 0.2) is 0 Å². The molecule has 0 fully saturated rings. The minimum Gasteiger partial charge on any atom is -0.340 e. The number of aromatic nitrogens is 2. The third kappa shape index (κ3) is 2.99. The summed E-state index contributed by atoms with van der Waals surface area (Å²) < 4.78 is 2.15. The summed E-state index contributed by atoms with van der Waals surface area (Å²) in [6, 6.07) is 15.6. The first-order valence-corrected chi connectivity index (χ1v) is 6.75. The molecule has 3 rings (SSSR count). The Morgan fingerprint density at radius 3 is 2.38 bits per heavy atom. The Labute approximate surface area is 139 Å². The number of rotatable bonds is 2. The van der Waals surface area contributed by atoms with Gasteiger partial charge < -0.3 is 4.57 Å². The second kappa shape index (κ2) is 6.38. The van der Waals surface area contributed by atoms with E-state index in [-0.39, 0.29) is 20.1 Å². The maximum atomic E-state index is 4.50. The molecule has 2 nitrogen and oxygen atoms in total. The fraction of sp³-hybridized carbons (Fsp3) is 0.167. The first-order chi connectivity index (χ1) is 9.66. The van der Waals surface area contributed by atoms with Crippen LogP contribution in [0.4, 0.5) is 0 Å². The summed E-state index contributed by atoms with van der Waals surface area (Å²) in [5.74, 6) is 0.931. The minimum absolute atomic E-state index is 0. The third-order valence-corrected chi connectivity index (χ3v) is 3.47. The molecule has 0 saturated carbocycles. The number of benzene rings is 2. The Hall–Kier alpha value is -1.70. The van der Waals surface area contributed by atoms with Crippen LogP contribution in [-0.4, -0.2) is 9.55 Å². The maximum Gasteiger partial charge on any atom is 0.0602 e. The molecule has 1 heterocycles. The van der Waals surface area contributed by atoms with Crippen molar-refractivity contribution in [3.63, 3.8) is 0 Å². The molecule has 0 N–H and O–H groups in total. The van der Waals surface area contributed by atoms with Gasteiger partial charge in [0.05, 0.1) is 5.82 Å². The maximum absolute atomic E-state index is 4.50. The topological polar surface area (TPSA) is 17.8 Å². The predicted molar refractivity (Wildman–Crippen MR) is 82.0 cm³/mol. The molecule has 0 aliphatic rings. The largest absolute Gasteiger partial charge is 0.340 e. The van der Waals surface area contributed by atoms with Gasteiger partial charge in [0.1, 0.15) is 0 Å². The Morgan fingerprint density at radius 2 is 1.76 bits per heavy atom.